The Morgan fingerprint density at radius 2 is 2.00 bits per heavy atom. The Balaban J connectivity index is 0.000000810. The molecule has 0 aromatic carbocycles. The third-order valence-electron chi connectivity index (χ3n) is 2.39. The predicted molar refractivity (Wildman–Crippen MR) is 40.2 cm³/mol. The standard InChI is InChI=1S/C8H16N.ClH/c1-8-6-4-5-7-9(8,2)3;/h4,6,8H,5,7H2,1-3H3;1H/q+1;/p-1. The second-order valence-corrected chi connectivity index (χ2v) is 3.46. The number of halogens is 1. The first-order chi connectivity index (χ1) is 4.13. The van der Waals surface area contributed by atoms with E-state index < -0.39 is 0 Å². The van der Waals surface area contributed by atoms with Crippen molar-refractivity contribution in [3.8, 4) is 0 Å². The Morgan fingerprint density at radius 3 is 2.30 bits per heavy atom. The van der Waals surface area contributed by atoms with Gasteiger partial charge in [-0.1, -0.05) is 6.08 Å². The van der Waals surface area contributed by atoms with Gasteiger partial charge in [0.2, 0.25) is 0 Å². The van der Waals surface area contributed by atoms with Crippen molar-refractivity contribution in [1.82, 2.24) is 0 Å². The molecule has 0 aromatic rings. The molecule has 2 heteroatoms. The summed E-state index contributed by atoms with van der Waals surface area (Å²) < 4.78 is 1.15. The van der Waals surface area contributed by atoms with Crippen molar-refractivity contribution in [1.29, 1.82) is 0 Å². The van der Waals surface area contributed by atoms with Crippen molar-refractivity contribution >= 4 is 0 Å². The number of nitrogens with zero attached hydrogens (tertiary/aromatic N) is 1. The van der Waals surface area contributed by atoms with Crippen molar-refractivity contribution in [3.05, 3.63) is 12.2 Å². The molecule has 1 aliphatic rings. The van der Waals surface area contributed by atoms with E-state index in [2.05, 4.69) is 33.2 Å². The summed E-state index contributed by atoms with van der Waals surface area (Å²) in [6, 6.07) is 0.707. The third kappa shape index (κ3) is 1.99. The summed E-state index contributed by atoms with van der Waals surface area (Å²) in [7, 11) is 4.57. The highest BCUT2D eigenvalue weighted by Crippen LogP contribution is 2.13. The molecule has 1 unspecified atom stereocenters. The van der Waals surface area contributed by atoms with Gasteiger partial charge in [0.25, 0.3) is 0 Å². The number of likely N-dealkylation sites (N-methyl/N-ethyl adjacent to an activating group) is 1. The summed E-state index contributed by atoms with van der Waals surface area (Å²) in [5, 5.41) is 0. The highest BCUT2D eigenvalue weighted by atomic mass is 35.5. The molecule has 0 N–H and O–H groups in total. The first kappa shape index (κ1) is 9.99. The van der Waals surface area contributed by atoms with Gasteiger partial charge in [-0.25, -0.2) is 0 Å². The van der Waals surface area contributed by atoms with E-state index in [0.29, 0.717) is 6.04 Å². The van der Waals surface area contributed by atoms with Gasteiger partial charge in [0.15, 0.2) is 0 Å². The van der Waals surface area contributed by atoms with E-state index in [1.807, 2.05) is 0 Å². The van der Waals surface area contributed by atoms with E-state index in [-0.39, 0.29) is 12.4 Å². The number of hydrogen-bond acceptors (Lipinski definition) is 0. The molecule has 0 fully saturated rings. The molecule has 0 aliphatic carbocycles. The van der Waals surface area contributed by atoms with Crippen LogP contribution in [0.3, 0.4) is 0 Å². The fourth-order valence-electron chi connectivity index (χ4n) is 1.14. The second-order valence-electron chi connectivity index (χ2n) is 3.46. The van der Waals surface area contributed by atoms with E-state index in [0.717, 1.165) is 4.48 Å². The summed E-state index contributed by atoms with van der Waals surface area (Å²) in [5.41, 5.74) is 0. The van der Waals surface area contributed by atoms with Gasteiger partial charge < -0.3 is 16.9 Å². The van der Waals surface area contributed by atoms with Crippen LogP contribution in [0.15, 0.2) is 12.2 Å². The van der Waals surface area contributed by atoms with E-state index in [4.69, 9.17) is 0 Å². The minimum atomic E-state index is 0. The van der Waals surface area contributed by atoms with Gasteiger partial charge in [0.1, 0.15) is 6.04 Å². The van der Waals surface area contributed by atoms with Crippen LogP contribution >= 0.6 is 0 Å². The molecule has 0 aromatic heterocycles. The van der Waals surface area contributed by atoms with Gasteiger partial charge >= 0.3 is 0 Å². The molecule has 1 aliphatic heterocycles. The molecule has 1 atom stereocenters. The largest absolute Gasteiger partial charge is 1.00 e. The molecule has 10 heavy (non-hydrogen) atoms. The van der Waals surface area contributed by atoms with Crippen molar-refractivity contribution in [2.75, 3.05) is 20.6 Å². The highest BCUT2D eigenvalue weighted by Gasteiger charge is 2.22. The number of rotatable bonds is 0. The predicted octanol–water partition coefficient (Wildman–Crippen LogP) is -1.58. The fraction of sp³-hybridized carbons (Fsp3) is 0.750. The molecule has 0 amide bonds. The molecule has 0 radical (unpaired) electrons. The van der Waals surface area contributed by atoms with Gasteiger partial charge in [0, 0.05) is 6.42 Å². The van der Waals surface area contributed by atoms with E-state index in [1.54, 1.807) is 0 Å². The normalized spacial score (nSPS) is 29.3. The van der Waals surface area contributed by atoms with Gasteiger partial charge in [0.05, 0.1) is 20.6 Å². The van der Waals surface area contributed by atoms with Crippen LogP contribution in [-0.2, 0) is 0 Å². The number of quaternary nitrogens is 1. The first-order valence-electron chi connectivity index (χ1n) is 3.62. The minimum absolute atomic E-state index is 0. The van der Waals surface area contributed by atoms with Gasteiger partial charge in [-0.2, -0.15) is 0 Å². The lowest BCUT2D eigenvalue weighted by molar-refractivity contribution is -0.907. The van der Waals surface area contributed by atoms with E-state index in [9.17, 15) is 0 Å². The fourth-order valence-corrected chi connectivity index (χ4v) is 1.14. The SMILES string of the molecule is CC1C=CCC[N+]1(C)C.[Cl-]. The van der Waals surface area contributed by atoms with Crippen molar-refractivity contribution in [3.63, 3.8) is 0 Å². The monoisotopic (exact) mass is 161 g/mol. The maximum Gasteiger partial charge on any atom is 0.104 e. The van der Waals surface area contributed by atoms with Gasteiger partial charge in [-0.05, 0) is 13.0 Å². The molecule has 60 valence electrons. The Bertz CT molecular complexity index is 129. The molecule has 0 saturated heterocycles. The average Bonchev–Trinajstić information content (AvgIpc) is 1.77. The zero-order valence-corrected chi connectivity index (χ0v) is 7.73. The average molecular weight is 162 g/mol. The maximum absolute atomic E-state index is 2.31. The smallest absolute Gasteiger partial charge is 0.104 e. The summed E-state index contributed by atoms with van der Waals surface area (Å²) in [5.74, 6) is 0. The van der Waals surface area contributed by atoms with Crippen LogP contribution in [0.1, 0.15) is 13.3 Å². The van der Waals surface area contributed by atoms with Crippen LogP contribution < -0.4 is 12.4 Å². The molecule has 0 spiro atoms. The van der Waals surface area contributed by atoms with Crippen LogP contribution in [0.4, 0.5) is 0 Å². The lowest BCUT2D eigenvalue weighted by Gasteiger charge is -2.36. The molecule has 1 heterocycles. The molecular weight excluding hydrogens is 146 g/mol. The summed E-state index contributed by atoms with van der Waals surface area (Å²) in [6.07, 6.45) is 5.84. The lowest BCUT2D eigenvalue weighted by Crippen LogP contribution is -3.00. The van der Waals surface area contributed by atoms with Gasteiger partial charge in [-0.15, -0.1) is 0 Å². The van der Waals surface area contributed by atoms with Crippen LogP contribution in [-0.4, -0.2) is 31.2 Å². The van der Waals surface area contributed by atoms with Crippen molar-refractivity contribution in [2.45, 2.75) is 19.4 Å². The minimum Gasteiger partial charge on any atom is -1.00 e. The van der Waals surface area contributed by atoms with E-state index in [1.165, 1.54) is 13.0 Å². The number of hydrogen-bond donors (Lipinski definition) is 0. The van der Waals surface area contributed by atoms with E-state index >= 15 is 0 Å². The second kappa shape index (κ2) is 3.40. The van der Waals surface area contributed by atoms with Gasteiger partial charge in [-0.3, -0.25) is 0 Å². The Morgan fingerprint density at radius 1 is 1.40 bits per heavy atom. The molecule has 0 bridgehead atoms. The molecule has 0 saturated carbocycles. The summed E-state index contributed by atoms with van der Waals surface area (Å²) >= 11 is 0. The van der Waals surface area contributed by atoms with Crippen LogP contribution in [0.5, 0.6) is 0 Å². The zero-order chi connectivity index (χ0) is 6.91. The first-order valence-corrected chi connectivity index (χ1v) is 3.62. The Kier molecular flexibility index (Phi) is 3.40. The van der Waals surface area contributed by atoms with Crippen molar-refractivity contribution < 1.29 is 16.9 Å². The van der Waals surface area contributed by atoms with Crippen molar-refractivity contribution in [2.24, 2.45) is 0 Å². The van der Waals surface area contributed by atoms with Crippen LogP contribution in [0.25, 0.3) is 0 Å². The molecule has 1 nitrogen and oxygen atoms in total. The van der Waals surface area contributed by atoms with Crippen LogP contribution in [0, 0.1) is 0 Å². The lowest BCUT2D eigenvalue weighted by atomic mass is 10.1. The highest BCUT2D eigenvalue weighted by molar-refractivity contribution is 4.90. The summed E-state index contributed by atoms with van der Waals surface area (Å²) in [4.78, 5) is 0. The van der Waals surface area contributed by atoms with Crippen LogP contribution in [0.2, 0.25) is 0 Å². The maximum atomic E-state index is 2.31. The summed E-state index contributed by atoms with van der Waals surface area (Å²) in [6.45, 7) is 3.56. The molecule has 1 rings (SSSR count). The molecular formula is C8H16ClN. The Labute approximate surface area is 69.7 Å². The third-order valence-corrected chi connectivity index (χ3v) is 2.39. The zero-order valence-electron chi connectivity index (χ0n) is 6.97. The quantitative estimate of drug-likeness (QED) is 0.297. The topological polar surface area (TPSA) is 0 Å². The Hall–Kier alpha value is -0.0100.